The molecule has 1 aliphatic carbocycles. The average molecular weight is 231 g/mol. The van der Waals surface area contributed by atoms with Crippen LogP contribution >= 0.6 is 0 Å². The lowest BCUT2D eigenvalue weighted by Gasteiger charge is -2.28. The highest BCUT2D eigenvalue weighted by atomic mass is 14.6. The van der Waals surface area contributed by atoms with Crippen LogP contribution in [0.3, 0.4) is 0 Å². The zero-order valence-electron chi connectivity index (χ0n) is 11.5. The molecule has 94 valence electrons. The van der Waals surface area contributed by atoms with Crippen LogP contribution in [0.2, 0.25) is 0 Å². The SMILES string of the molecule is Cc1cc(C)c(CC2(CN)CCCC2)cc1C. The average Bonchev–Trinajstić information content (AvgIpc) is 2.75. The van der Waals surface area contributed by atoms with E-state index in [1.807, 2.05) is 0 Å². The summed E-state index contributed by atoms with van der Waals surface area (Å²) in [5.41, 5.74) is 12.2. The molecule has 0 atom stereocenters. The molecule has 1 aliphatic rings. The first-order valence-electron chi connectivity index (χ1n) is 6.83. The van der Waals surface area contributed by atoms with Crippen molar-refractivity contribution < 1.29 is 0 Å². The first-order chi connectivity index (χ1) is 8.06. The molecule has 1 nitrogen and oxygen atoms in total. The standard InChI is InChI=1S/C16H25N/c1-12-8-14(3)15(9-13(12)2)10-16(11-17)6-4-5-7-16/h8-9H,4-7,10-11,17H2,1-3H3. The van der Waals surface area contributed by atoms with Crippen LogP contribution in [0.5, 0.6) is 0 Å². The third-order valence-corrected chi connectivity index (χ3v) is 4.61. The van der Waals surface area contributed by atoms with Gasteiger partial charge in [-0.3, -0.25) is 0 Å². The third kappa shape index (κ3) is 2.55. The van der Waals surface area contributed by atoms with Crippen LogP contribution < -0.4 is 5.73 Å². The molecule has 0 saturated heterocycles. The minimum absolute atomic E-state index is 0.395. The molecule has 17 heavy (non-hydrogen) atoms. The second-order valence-electron chi connectivity index (χ2n) is 5.95. The Morgan fingerprint density at radius 1 is 1.00 bits per heavy atom. The normalized spacial score (nSPS) is 18.6. The van der Waals surface area contributed by atoms with Crippen molar-refractivity contribution in [3.05, 3.63) is 34.4 Å². The summed E-state index contributed by atoms with van der Waals surface area (Å²) in [6.07, 6.45) is 6.53. The topological polar surface area (TPSA) is 26.0 Å². The quantitative estimate of drug-likeness (QED) is 0.844. The van der Waals surface area contributed by atoms with Crippen LogP contribution in [-0.4, -0.2) is 6.54 Å². The molecule has 0 spiro atoms. The zero-order chi connectivity index (χ0) is 12.5. The van der Waals surface area contributed by atoms with Crippen molar-refractivity contribution in [3.63, 3.8) is 0 Å². The molecule has 2 N–H and O–H groups in total. The Hall–Kier alpha value is -0.820. The van der Waals surface area contributed by atoms with Gasteiger partial charge in [0.2, 0.25) is 0 Å². The predicted octanol–water partition coefficient (Wildman–Crippen LogP) is 3.67. The van der Waals surface area contributed by atoms with Crippen LogP contribution in [0.1, 0.15) is 47.9 Å². The van der Waals surface area contributed by atoms with Gasteiger partial charge in [0, 0.05) is 0 Å². The Labute approximate surface area is 105 Å². The second-order valence-corrected chi connectivity index (χ2v) is 5.95. The van der Waals surface area contributed by atoms with E-state index in [9.17, 15) is 0 Å². The first-order valence-corrected chi connectivity index (χ1v) is 6.83. The number of nitrogens with two attached hydrogens (primary N) is 1. The lowest BCUT2D eigenvalue weighted by atomic mass is 9.78. The molecular weight excluding hydrogens is 206 g/mol. The maximum absolute atomic E-state index is 6.03. The zero-order valence-corrected chi connectivity index (χ0v) is 11.5. The van der Waals surface area contributed by atoms with E-state index in [-0.39, 0.29) is 0 Å². The Balaban J connectivity index is 2.26. The summed E-state index contributed by atoms with van der Waals surface area (Å²) in [5.74, 6) is 0. The molecule has 0 heterocycles. The molecule has 1 fully saturated rings. The summed E-state index contributed by atoms with van der Waals surface area (Å²) >= 11 is 0. The monoisotopic (exact) mass is 231 g/mol. The number of hydrogen-bond donors (Lipinski definition) is 1. The van der Waals surface area contributed by atoms with E-state index in [0.29, 0.717) is 5.41 Å². The maximum atomic E-state index is 6.03. The summed E-state index contributed by atoms with van der Waals surface area (Å²) in [7, 11) is 0. The van der Waals surface area contributed by atoms with Gasteiger partial charge in [0.15, 0.2) is 0 Å². The molecule has 2 rings (SSSR count). The highest BCUT2D eigenvalue weighted by Crippen LogP contribution is 2.40. The van der Waals surface area contributed by atoms with Gasteiger partial charge in [-0.1, -0.05) is 25.0 Å². The molecule has 1 aromatic rings. The first kappa shape index (κ1) is 12.6. The fourth-order valence-corrected chi connectivity index (χ4v) is 3.19. The van der Waals surface area contributed by atoms with Crippen LogP contribution in [0.25, 0.3) is 0 Å². The van der Waals surface area contributed by atoms with Crippen molar-refractivity contribution in [2.45, 2.75) is 52.9 Å². The van der Waals surface area contributed by atoms with Gasteiger partial charge in [-0.05, 0) is 74.2 Å². The van der Waals surface area contributed by atoms with E-state index in [4.69, 9.17) is 5.73 Å². The molecular formula is C16H25N. The highest BCUT2D eigenvalue weighted by molar-refractivity contribution is 5.37. The smallest absolute Gasteiger partial charge is 0.00173 e. The van der Waals surface area contributed by atoms with Crippen LogP contribution in [0, 0.1) is 26.2 Å². The summed E-state index contributed by atoms with van der Waals surface area (Å²) in [5, 5.41) is 0. The van der Waals surface area contributed by atoms with Gasteiger partial charge in [0.05, 0.1) is 0 Å². The van der Waals surface area contributed by atoms with Crippen molar-refractivity contribution in [1.82, 2.24) is 0 Å². The predicted molar refractivity (Wildman–Crippen MR) is 74.3 cm³/mol. The largest absolute Gasteiger partial charge is 0.330 e. The van der Waals surface area contributed by atoms with E-state index >= 15 is 0 Å². The molecule has 0 bridgehead atoms. The van der Waals surface area contributed by atoms with Gasteiger partial charge in [0.25, 0.3) is 0 Å². The maximum Gasteiger partial charge on any atom is -0.00173 e. The Bertz CT molecular complexity index is 400. The van der Waals surface area contributed by atoms with Gasteiger partial charge in [-0.25, -0.2) is 0 Å². The molecule has 0 radical (unpaired) electrons. The second kappa shape index (κ2) is 4.81. The molecule has 0 amide bonds. The summed E-state index contributed by atoms with van der Waals surface area (Å²) in [6, 6.07) is 4.70. The third-order valence-electron chi connectivity index (χ3n) is 4.61. The Morgan fingerprint density at radius 2 is 1.59 bits per heavy atom. The number of hydrogen-bond acceptors (Lipinski definition) is 1. The number of benzene rings is 1. The molecule has 0 aliphatic heterocycles. The minimum Gasteiger partial charge on any atom is -0.330 e. The van der Waals surface area contributed by atoms with Gasteiger partial charge in [0.1, 0.15) is 0 Å². The van der Waals surface area contributed by atoms with E-state index < -0.39 is 0 Å². The van der Waals surface area contributed by atoms with Gasteiger partial charge in [-0.2, -0.15) is 0 Å². The summed E-state index contributed by atoms with van der Waals surface area (Å²) in [4.78, 5) is 0. The van der Waals surface area contributed by atoms with Crippen molar-refractivity contribution in [3.8, 4) is 0 Å². The van der Waals surface area contributed by atoms with Crippen molar-refractivity contribution in [2.24, 2.45) is 11.1 Å². The molecule has 0 unspecified atom stereocenters. The van der Waals surface area contributed by atoms with Gasteiger partial charge < -0.3 is 5.73 Å². The van der Waals surface area contributed by atoms with Gasteiger partial charge >= 0.3 is 0 Å². The fourth-order valence-electron chi connectivity index (χ4n) is 3.19. The van der Waals surface area contributed by atoms with E-state index in [1.165, 1.54) is 54.4 Å². The van der Waals surface area contributed by atoms with Crippen molar-refractivity contribution >= 4 is 0 Å². The molecule has 1 saturated carbocycles. The molecule has 0 aromatic heterocycles. The van der Waals surface area contributed by atoms with Crippen molar-refractivity contribution in [2.75, 3.05) is 6.54 Å². The highest BCUT2D eigenvalue weighted by Gasteiger charge is 2.32. The number of rotatable bonds is 3. The van der Waals surface area contributed by atoms with Crippen molar-refractivity contribution in [1.29, 1.82) is 0 Å². The fraction of sp³-hybridized carbons (Fsp3) is 0.625. The minimum atomic E-state index is 0.395. The van der Waals surface area contributed by atoms with Crippen LogP contribution in [0.15, 0.2) is 12.1 Å². The lowest BCUT2D eigenvalue weighted by Crippen LogP contribution is -2.30. The molecule has 1 heteroatoms. The summed E-state index contributed by atoms with van der Waals surface area (Å²) in [6.45, 7) is 7.49. The van der Waals surface area contributed by atoms with E-state index in [0.717, 1.165) is 6.54 Å². The Morgan fingerprint density at radius 3 is 2.18 bits per heavy atom. The number of aryl methyl sites for hydroxylation is 3. The van der Waals surface area contributed by atoms with E-state index in [1.54, 1.807) is 0 Å². The lowest BCUT2D eigenvalue weighted by molar-refractivity contribution is 0.306. The Kier molecular flexibility index (Phi) is 3.58. The summed E-state index contributed by atoms with van der Waals surface area (Å²) < 4.78 is 0. The van der Waals surface area contributed by atoms with Crippen LogP contribution in [0.4, 0.5) is 0 Å². The van der Waals surface area contributed by atoms with Gasteiger partial charge in [-0.15, -0.1) is 0 Å². The van der Waals surface area contributed by atoms with Crippen LogP contribution in [-0.2, 0) is 6.42 Å². The van der Waals surface area contributed by atoms with E-state index in [2.05, 4.69) is 32.9 Å². The molecule has 1 aromatic carbocycles.